The van der Waals surface area contributed by atoms with Crippen molar-refractivity contribution in [1.29, 1.82) is 0 Å². The third kappa shape index (κ3) is 4.88. The maximum atomic E-state index is 13.1. The second-order valence-electron chi connectivity index (χ2n) is 8.10. The summed E-state index contributed by atoms with van der Waals surface area (Å²) in [4.78, 5) is 31.9. The van der Waals surface area contributed by atoms with E-state index >= 15 is 0 Å². The van der Waals surface area contributed by atoms with Crippen LogP contribution in [0, 0.1) is 5.82 Å². The van der Waals surface area contributed by atoms with Crippen molar-refractivity contribution in [2.45, 2.75) is 25.4 Å². The smallest absolute Gasteiger partial charge is 0.254 e. The number of nitrogens with zero attached hydrogens (tertiary/aromatic N) is 3. The van der Waals surface area contributed by atoms with Crippen molar-refractivity contribution in [1.82, 2.24) is 14.7 Å². The third-order valence-electron chi connectivity index (χ3n) is 6.13. The third-order valence-corrected chi connectivity index (χ3v) is 6.13. The molecule has 164 valence electrons. The summed E-state index contributed by atoms with van der Waals surface area (Å²) in [5.41, 5.74) is 1.55. The molecule has 0 aliphatic carbocycles. The van der Waals surface area contributed by atoms with Gasteiger partial charge in [0, 0.05) is 44.8 Å². The highest BCUT2D eigenvalue weighted by Crippen LogP contribution is 2.22. The first kappa shape index (κ1) is 21.3. The van der Waals surface area contributed by atoms with Gasteiger partial charge in [-0.15, -0.1) is 0 Å². The molecule has 6 nitrogen and oxygen atoms in total. The van der Waals surface area contributed by atoms with E-state index in [9.17, 15) is 14.0 Å². The fourth-order valence-corrected chi connectivity index (χ4v) is 4.42. The van der Waals surface area contributed by atoms with Gasteiger partial charge in [0.05, 0.1) is 13.2 Å². The molecule has 0 radical (unpaired) electrons. The molecule has 0 bridgehead atoms. The van der Waals surface area contributed by atoms with Crippen LogP contribution in [0.5, 0.6) is 5.75 Å². The topological polar surface area (TPSA) is 53.1 Å². The molecule has 2 heterocycles. The molecule has 0 spiro atoms. The Morgan fingerprint density at radius 1 is 1.06 bits per heavy atom. The van der Waals surface area contributed by atoms with Crippen LogP contribution in [0.3, 0.4) is 0 Å². The molecule has 0 aromatic heterocycles. The lowest BCUT2D eigenvalue weighted by atomic mass is 10.2. The highest BCUT2D eigenvalue weighted by atomic mass is 19.1. The zero-order chi connectivity index (χ0) is 21.8. The molecule has 2 aromatic rings. The minimum absolute atomic E-state index is 0.00330. The number of benzene rings is 2. The minimum atomic E-state index is -0.271. The van der Waals surface area contributed by atoms with Gasteiger partial charge in [0.15, 0.2) is 0 Å². The zero-order valence-electron chi connectivity index (χ0n) is 17.8. The van der Waals surface area contributed by atoms with Crippen molar-refractivity contribution in [2.75, 3.05) is 39.8 Å². The summed E-state index contributed by atoms with van der Waals surface area (Å²) in [6.07, 6.45) is 1.61. The maximum Gasteiger partial charge on any atom is 0.254 e. The lowest BCUT2D eigenvalue weighted by Gasteiger charge is -2.26. The first-order chi connectivity index (χ1) is 15.0. The molecule has 4 rings (SSSR count). The molecule has 0 N–H and O–H groups in total. The van der Waals surface area contributed by atoms with E-state index < -0.39 is 0 Å². The first-order valence-electron chi connectivity index (χ1n) is 10.8. The van der Waals surface area contributed by atoms with Crippen molar-refractivity contribution in [3.63, 3.8) is 0 Å². The highest BCUT2D eigenvalue weighted by Gasteiger charge is 2.36. The number of rotatable bonds is 5. The van der Waals surface area contributed by atoms with Crippen LogP contribution in [0.2, 0.25) is 0 Å². The molecule has 1 atom stereocenters. The summed E-state index contributed by atoms with van der Waals surface area (Å²) in [5, 5.41) is 0. The number of amides is 2. The molecular weight excluding hydrogens is 397 g/mol. The number of hydrogen-bond donors (Lipinski definition) is 0. The highest BCUT2D eigenvalue weighted by molar-refractivity contribution is 5.94. The van der Waals surface area contributed by atoms with E-state index in [1.807, 2.05) is 21.9 Å². The van der Waals surface area contributed by atoms with Gasteiger partial charge >= 0.3 is 0 Å². The summed E-state index contributed by atoms with van der Waals surface area (Å²) in [6.45, 7) is 3.94. The summed E-state index contributed by atoms with van der Waals surface area (Å²) in [7, 11) is 1.59. The molecule has 0 saturated carbocycles. The predicted octanol–water partition coefficient (Wildman–Crippen LogP) is 2.78. The van der Waals surface area contributed by atoms with E-state index in [1.54, 1.807) is 31.4 Å². The number of carbonyl (C=O) groups is 2. The molecular formula is C24H28FN3O3. The monoisotopic (exact) mass is 425 g/mol. The molecule has 2 aromatic carbocycles. The zero-order valence-corrected chi connectivity index (χ0v) is 17.8. The Bertz CT molecular complexity index is 934. The molecule has 7 heteroatoms. The number of likely N-dealkylation sites (tertiary alicyclic amines) is 1. The first-order valence-corrected chi connectivity index (χ1v) is 10.8. The Balaban J connectivity index is 1.35. The lowest BCUT2D eigenvalue weighted by molar-refractivity contribution is -0.132. The van der Waals surface area contributed by atoms with Crippen LogP contribution in [0.1, 0.15) is 28.8 Å². The Morgan fingerprint density at radius 3 is 2.65 bits per heavy atom. The molecule has 1 unspecified atom stereocenters. The minimum Gasteiger partial charge on any atom is -0.497 e. The van der Waals surface area contributed by atoms with E-state index in [0.29, 0.717) is 44.0 Å². The average Bonchev–Trinajstić information content (AvgIpc) is 3.00. The van der Waals surface area contributed by atoms with Crippen molar-refractivity contribution >= 4 is 11.8 Å². The standard InChI is InChI=1S/C24H28FN3O3/c1-31-21-5-2-4-19(16-21)23(29)27-12-3-11-26(14-15-27)22-10-13-28(24(22)30)17-18-6-8-20(25)9-7-18/h2,4-9,16,22H,3,10-15,17H2,1H3. The van der Waals surface area contributed by atoms with Crippen molar-refractivity contribution in [3.8, 4) is 5.75 Å². The Morgan fingerprint density at radius 2 is 1.87 bits per heavy atom. The molecule has 2 fully saturated rings. The van der Waals surface area contributed by atoms with E-state index in [4.69, 9.17) is 4.74 Å². The summed E-state index contributed by atoms with van der Waals surface area (Å²) < 4.78 is 18.4. The fraction of sp³-hybridized carbons (Fsp3) is 0.417. The number of ether oxygens (including phenoxy) is 1. The second-order valence-corrected chi connectivity index (χ2v) is 8.10. The summed E-state index contributed by atoms with van der Waals surface area (Å²) in [5.74, 6) is 0.514. The van der Waals surface area contributed by atoms with Gasteiger partial charge in [-0.1, -0.05) is 18.2 Å². The Kier molecular flexibility index (Phi) is 6.51. The number of halogens is 1. The van der Waals surface area contributed by atoms with E-state index in [0.717, 1.165) is 24.9 Å². The summed E-state index contributed by atoms with van der Waals surface area (Å²) >= 11 is 0. The van der Waals surface area contributed by atoms with Gasteiger partial charge in [-0.25, -0.2) is 4.39 Å². The SMILES string of the molecule is COc1cccc(C(=O)N2CCCN(C3CCN(Cc4ccc(F)cc4)C3=O)CC2)c1. The van der Waals surface area contributed by atoms with Gasteiger partial charge < -0.3 is 14.5 Å². The van der Waals surface area contributed by atoms with Crippen LogP contribution >= 0.6 is 0 Å². The van der Waals surface area contributed by atoms with Crippen molar-refractivity contribution in [2.24, 2.45) is 0 Å². The fourth-order valence-electron chi connectivity index (χ4n) is 4.42. The second kappa shape index (κ2) is 9.47. The average molecular weight is 426 g/mol. The number of carbonyl (C=O) groups excluding carboxylic acids is 2. The van der Waals surface area contributed by atoms with Crippen LogP contribution in [-0.4, -0.2) is 72.4 Å². The lowest BCUT2D eigenvalue weighted by Crippen LogP contribution is -2.44. The van der Waals surface area contributed by atoms with E-state index in [2.05, 4.69) is 4.90 Å². The number of hydrogen-bond acceptors (Lipinski definition) is 4. The molecule has 2 aliphatic heterocycles. The quantitative estimate of drug-likeness (QED) is 0.739. The van der Waals surface area contributed by atoms with Crippen LogP contribution < -0.4 is 4.74 Å². The molecule has 2 amide bonds. The number of methoxy groups -OCH3 is 1. The van der Waals surface area contributed by atoms with Gasteiger partial charge in [0.2, 0.25) is 5.91 Å². The van der Waals surface area contributed by atoms with Gasteiger partial charge in [0.1, 0.15) is 11.6 Å². The maximum absolute atomic E-state index is 13.1. The van der Waals surface area contributed by atoms with Crippen molar-refractivity contribution < 1.29 is 18.7 Å². The van der Waals surface area contributed by atoms with Crippen LogP contribution in [0.25, 0.3) is 0 Å². The molecule has 2 saturated heterocycles. The van der Waals surface area contributed by atoms with Crippen LogP contribution in [0.15, 0.2) is 48.5 Å². The largest absolute Gasteiger partial charge is 0.497 e. The molecule has 31 heavy (non-hydrogen) atoms. The summed E-state index contributed by atoms with van der Waals surface area (Å²) in [6, 6.07) is 13.4. The van der Waals surface area contributed by atoms with Crippen molar-refractivity contribution in [3.05, 3.63) is 65.5 Å². The van der Waals surface area contributed by atoms with Crippen LogP contribution in [-0.2, 0) is 11.3 Å². The van der Waals surface area contributed by atoms with Gasteiger partial charge in [-0.2, -0.15) is 0 Å². The molecule has 2 aliphatic rings. The van der Waals surface area contributed by atoms with Crippen LogP contribution in [0.4, 0.5) is 4.39 Å². The normalized spacial score (nSPS) is 20.1. The predicted molar refractivity (Wildman–Crippen MR) is 115 cm³/mol. The van der Waals surface area contributed by atoms with E-state index in [-0.39, 0.29) is 23.7 Å². The van der Waals surface area contributed by atoms with Gasteiger partial charge in [-0.05, 0) is 48.7 Å². The van der Waals surface area contributed by atoms with Gasteiger partial charge in [0.25, 0.3) is 5.91 Å². The Labute approximate surface area is 182 Å². The van der Waals surface area contributed by atoms with E-state index in [1.165, 1.54) is 12.1 Å². The van der Waals surface area contributed by atoms with Gasteiger partial charge in [-0.3, -0.25) is 14.5 Å². The Hall–Kier alpha value is -2.93.